The monoisotopic (exact) mass is 322 g/mol. The number of hydrogen-bond donors (Lipinski definition) is 1. The van der Waals surface area contributed by atoms with Crippen molar-refractivity contribution in [3.63, 3.8) is 0 Å². The summed E-state index contributed by atoms with van der Waals surface area (Å²) < 4.78 is 13.8. The van der Waals surface area contributed by atoms with Crippen LogP contribution in [0.25, 0.3) is 0 Å². The van der Waals surface area contributed by atoms with Gasteiger partial charge in [-0.05, 0) is 24.6 Å². The standard InChI is InChI=1S/C19H19FN4/c1-2-24(13-15-8-4-3-5-9-15)19-12-18(21-14-22-19)23-17-11-7-6-10-16(17)20/h3-12,14H,2,13H2,1H3,(H,21,22,23). The van der Waals surface area contributed by atoms with Gasteiger partial charge >= 0.3 is 0 Å². The zero-order valence-corrected chi connectivity index (χ0v) is 13.5. The number of aromatic nitrogens is 2. The van der Waals surface area contributed by atoms with Crippen molar-refractivity contribution in [2.45, 2.75) is 13.5 Å². The molecule has 1 aromatic heterocycles. The number of halogens is 1. The molecule has 0 aliphatic carbocycles. The van der Waals surface area contributed by atoms with Gasteiger partial charge < -0.3 is 10.2 Å². The first-order chi connectivity index (χ1) is 11.8. The van der Waals surface area contributed by atoms with E-state index in [1.54, 1.807) is 18.2 Å². The van der Waals surface area contributed by atoms with E-state index in [1.807, 2.05) is 24.3 Å². The molecule has 122 valence electrons. The normalized spacial score (nSPS) is 10.4. The molecule has 5 heteroatoms. The van der Waals surface area contributed by atoms with Crippen LogP contribution in [-0.4, -0.2) is 16.5 Å². The number of hydrogen-bond acceptors (Lipinski definition) is 4. The summed E-state index contributed by atoms with van der Waals surface area (Å²) in [6.45, 7) is 3.65. The van der Waals surface area contributed by atoms with Crippen LogP contribution >= 0.6 is 0 Å². The van der Waals surface area contributed by atoms with E-state index in [4.69, 9.17) is 0 Å². The molecule has 0 saturated carbocycles. The van der Waals surface area contributed by atoms with Gasteiger partial charge in [-0.2, -0.15) is 0 Å². The average molecular weight is 322 g/mol. The highest BCUT2D eigenvalue weighted by atomic mass is 19.1. The number of benzene rings is 2. The Hall–Kier alpha value is -2.95. The average Bonchev–Trinajstić information content (AvgIpc) is 2.63. The van der Waals surface area contributed by atoms with Crippen molar-refractivity contribution in [2.75, 3.05) is 16.8 Å². The molecule has 0 amide bonds. The fourth-order valence-electron chi connectivity index (χ4n) is 2.45. The van der Waals surface area contributed by atoms with Gasteiger partial charge in [0.2, 0.25) is 0 Å². The van der Waals surface area contributed by atoms with Crippen molar-refractivity contribution in [2.24, 2.45) is 0 Å². The van der Waals surface area contributed by atoms with E-state index in [0.29, 0.717) is 11.5 Å². The van der Waals surface area contributed by atoms with Crippen molar-refractivity contribution in [1.29, 1.82) is 0 Å². The predicted molar refractivity (Wildman–Crippen MR) is 94.9 cm³/mol. The summed E-state index contributed by atoms with van der Waals surface area (Å²) in [5.74, 6) is 1.06. The van der Waals surface area contributed by atoms with Crippen LogP contribution in [0.4, 0.5) is 21.7 Å². The molecule has 0 fully saturated rings. The Bertz CT molecular complexity index is 792. The molecule has 0 aliphatic heterocycles. The van der Waals surface area contributed by atoms with Crippen LogP contribution in [0.15, 0.2) is 67.0 Å². The van der Waals surface area contributed by atoms with Crippen molar-refractivity contribution in [3.8, 4) is 0 Å². The Morgan fingerprint density at radius 2 is 1.75 bits per heavy atom. The second kappa shape index (κ2) is 7.55. The molecule has 3 rings (SSSR count). The van der Waals surface area contributed by atoms with Crippen LogP contribution in [0, 0.1) is 5.82 Å². The van der Waals surface area contributed by atoms with Crippen molar-refractivity contribution >= 4 is 17.3 Å². The minimum atomic E-state index is -0.311. The Morgan fingerprint density at radius 3 is 2.50 bits per heavy atom. The van der Waals surface area contributed by atoms with Crippen molar-refractivity contribution in [3.05, 3.63) is 78.4 Å². The smallest absolute Gasteiger partial charge is 0.146 e. The van der Waals surface area contributed by atoms with E-state index in [2.05, 4.69) is 39.2 Å². The maximum atomic E-state index is 13.8. The number of rotatable bonds is 6. The summed E-state index contributed by atoms with van der Waals surface area (Å²) in [5.41, 5.74) is 1.61. The Morgan fingerprint density at radius 1 is 1.00 bits per heavy atom. The summed E-state index contributed by atoms with van der Waals surface area (Å²) >= 11 is 0. The van der Waals surface area contributed by atoms with E-state index in [9.17, 15) is 4.39 Å². The number of nitrogens with zero attached hydrogens (tertiary/aromatic N) is 3. The Balaban J connectivity index is 1.79. The summed E-state index contributed by atoms with van der Waals surface area (Å²) in [7, 11) is 0. The minimum Gasteiger partial charge on any atom is -0.352 e. The highest BCUT2D eigenvalue weighted by molar-refractivity contribution is 5.59. The van der Waals surface area contributed by atoms with E-state index in [1.165, 1.54) is 18.0 Å². The quantitative estimate of drug-likeness (QED) is 0.731. The lowest BCUT2D eigenvalue weighted by Crippen LogP contribution is -2.23. The lowest BCUT2D eigenvalue weighted by molar-refractivity contribution is 0.632. The lowest BCUT2D eigenvalue weighted by atomic mass is 10.2. The molecule has 0 unspecified atom stereocenters. The molecule has 24 heavy (non-hydrogen) atoms. The molecule has 2 aromatic carbocycles. The summed E-state index contributed by atoms with van der Waals surface area (Å²) in [4.78, 5) is 10.7. The van der Waals surface area contributed by atoms with E-state index in [0.717, 1.165) is 18.9 Å². The molecule has 0 atom stereocenters. The summed E-state index contributed by atoms with van der Waals surface area (Å²) in [6.07, 6.45) is 1.49. The molecule has 4 nitrogen and oxygen atoms in total. The van der Waals surface area contributed by atoms with Gasteiger partial charge in [0.05, 0.1) is 5.69 Å². The molecule has 1 heterocycles. The molecule has 0 bridgehead atoms. The zero-order chi connectivity index (χ0) is 16.8. The van der Waals surface area contributed by atoms with Crippen LogP contribution in [-0.2, 0) is 6.54 Å². The van der Waals surface area contributed by atoms with E-state index in [-0.39, 0.29) is 5.82 Å². The molecule has 0 aliphatic rings. The van der Waals surface area contributed by atoms with Crippen LogP contribution in [0.5, 0.6) is 0 Å². The van der Waals surface area contributed by atoms with Gasteiger partial charge in [-0.15, -0.1) is 0 Å². The first kappa shape index (κ1) is 15.9. The van der Waals surface area contributed by atoms with Crippen molar-refractivity contribution < 1.29 is 4.39 Å². The maximum Gasteiger partial charge on any atom is 0.146 e. The predicted octanol–water partition coefficient (Wildman–Crippen LogP) is 4.39. The van der Waals surface area contributed by atoms with E-state index < -0.39 is 0 Å². The lowest BCUT2D eigenvalue weighted by Gasteiger charge is -2.22. The highest BCUT2D eigenvalue weighted by Crippen LogP contribution is 2.21. The second-order valence-corrected chi connectivity index (χ2v) is 5.37. The van der Waals surface area contributed by atoms with Crippen LogP contribution in [0.1, 0.15) is 12.5 Å². The van der Waals surface area contributed by atoms with Gasteiger partial charge in [-0.3, -0.25) is 0 Å². The largest absolute Gasteiger partial charge is 0.352 e. The Kier molecular flexibility index (Phi) is 5.01. The first-order valence-corrected chi connectivity index (χ1v) is 7.88. The van der Waals surface area contributed by atoms with Gasteiger partial charge in [-0.1, -0.05) is 42.5 Å². The van der Waals surface area contributed by atoms with Crippen LogP contribution in [0.3, 0.4) is 0 Å². The minimum absolute atomic E-state index is 0.311. The topological polar surface area (TPSA) is 41.0 Å². The SMILES string of the molecule is CCN(Cc1ccccc1)c1cc(Nc2ccccc2F)ncn1. The van der Waals surface area contributed by atoms with Crippen molar-refractivity contribution in [1.82, 2.24) is 9.97 Å². The molecule has 0 saturated heterocycles. The molecule has 0 radical (unpaired) electrons. The van der Waals surface area contributed by atoms with Gasteiger partial charge in [0, 0.05) is 19.2 Å². The fourth-order valence-corrected chi connectivity index (χ4v) is 2.45. The fraction of sp³-hybridized carbons (Fsp3) is 0.158. The van der Waals surface area contributed by atoms with Gasteiger partial charge in [0.1, 0.15) is 23.8 Å². The molecule has 0 spiro atoms. The van der Waals surface area contributed by atoms with E-state index >= 15 is 0 Å². The third kappa shape index (κ3) is 3.87. The van der Waals surface area contributed by atoms with Gasteiger partial charge in [0.25, 0.3) is 0 Å². The number of nitrogens with one attached hydrogen (secondary N) is 1. The summed E-state index contributed by atoms with van der Waals surface area (Å²) in [5, 5.41) is 3.00. The summed E-state index contributed by atoms with van der Waals surface area (Å²) in [6, 6.07) is 18.6. The first-order valence-electron chi connectivity index (χ1n) is 7.88. The third-order valence-electron chi connectivity index (χ3n) is 3.71. The van der Waals surface area contributed by atoms with Crippen LogP contribution in [0.2, 0.25) is 0 Å². The Labute approximate surface area is 141 Å². The highest BCUT2D eigenvalue weighted by Gasteiger charge is 2.09. The maximum absolute atomic E-state index is 13.8. The molecule has 1 N–H and O–H groups in total. The zero-order valence-electron chi connectivity index (χ0n) is 13.5. The number of para-hydroxylation sites is 1. The molecular formula is C19H19FN4. The third-order valence-corrected chi connectivity index (χ3v) is 3.71. The van der Waals surface area contributed by atoms with Gasteiger partial charge in [-0.25, -0.2) is 14.4 Å². The van der Waals surface area contributed by atoms with Crippen LogP contribution < -0.4 is 10.2 Å². The second-order valence-electron chi connectivity index (χ2n) is 5.37. The molecule has 3 aromatic rings. The molecular weight excluding hydrogens is 303 g/mol. The van der Waals surface area contributed by atoms with Gasteiger partial charge in [0.15, 0.2) is 0 Å². The number of anilines is 3.